The number of aliphatic carboxylic acids is 1. The number of hydrogen-bond donors (Lipinski definition) is 1. The number of aromatic nitrogens is 1. The molecule has 1 rings (SSSR count). The Morgan fingerprint density at radius 3 is 2.45 bits per heavy atom. The third-order valence-electron chi connectivity index (χ3n) is 2.08. The minimum Gasteiger partial charge on any atom is -0.481 e. The number of carbonyl (C=O) groups is 1. The third kappa shape index (κ3) is 4.58. The minimum absolute atomic E-state index is 0.210. The molecule has 1 aromatic rings. The second kappa shape index (κ2) is 6.33. The van der Waals surface area contributed by atoms with Gasteiger partial charge in [0.25, 0.3) is 6.43 Å². The molecular weight excluding hydrogens is 357 g/mol. The Bertz CT molecular complexity index is 506. The molecule has 0 saturated heterocycles. The second-order valence-electron chi connectivity index (χ2n) is 3.54. The average molecular weight is 364 g/mol. The fourth-order valence-corrected chi connectivity index (χ4v) is 1.76. The van der Waals surface area contributed by atoms with Crippen molar-refractivity contribution in [3.05, 3.63) is 22.9 Å². The molecular formula is C10H7BrF5NO3. The summed E-state index contributed by atoms with van der Waals surface area (Å²) < 4.78 is 65.6. The van der Waals surface area contributed by atoms with Gasteiger partial charge in [0.05, 0.1) is 12.1 Å². The lowest BCUT2D eigenvalue weighted by atomic mass is 10.1. The number of pyridine rings is 1. The van der Waals surface area contributed by atoms with Gasteiger partial charge < -0.3 is 9.84 Å². The first kappa shape index (κ1) is 16.6. The minimum atomic E-state index is -5.06. The lowest BCUT2D eigenvalue weighted by Crippen LogP contribution is -2.20. The van der Waals surface area contributed by atoms with Gasteiger partial charge in [0.1, 0.15) is 0 Å². The number of hydrogen-bond acceptors (Lipinski definition) is 3. The van der Waals surface area contributed by atoms with E-state index in [-0.39, 0.29) is 10.9 Å². The highest BCUT2D eigenvalue weighted by Crippen LogP contribution is 2.31. The molecule has 0 amide bonds. The highest BCUT2D eigenvalue weighted by Gasteiger charge is 2.33. The molecule has 0 unspecified atom stereocenters. The van der Waals surface area contributed by atoms with Crippen molar-refractivity contribution in [1.29, 1.82) is 0 Å². The Morgan fingerprint density at radius 2 is 2.05 bits per heavy atom. The summed E-state index contributed by atoms with van der Waals surface area (Å²) >= 11 is 2.83. The lowest BCUT2D eigenvalue weighted by Gasteiger charge is -2.15. The van der Waals surface area contributed by atoms with Crippen molar-refractivity contribution in [2.45, 2.75) is 24.5 Å². The highest BCUT2D eigenvalue weighted by atomic mass is 79.9. The summed E-state index contributed by atoms with van der Waals surface area (Å²) in [5.41, 5.74) is -1.67. The van der Waals surface area contributed by atoms with Gasteiger partial charge in [-0.05, 0) is 6.07 Å². The molecule has 1 N–H and O–H groups in total. The number of nitrogens with zero attached hydrogens (tertiary/aromatic N) is 1. The van der Waals surface area contributed by atoms with Crippen LogP contribution < -0.4 is 4.74 Å². The smallest absolute Gasteiger partial charge is 0.481 e. The van der Waals surface area contributed by atoms with E-state index in [1.807, 2.05) is 0 Å². The molecule has 0 aliphatic heterocycles. The van der Waals surface area contributed by atoms with Crippen molar-refractivity contribution in [3.63, 3.8) is 0 Å². The van der Waals surface area contributed by atoms with E-state index < -0.39 is 42.3 Å². The molecule has 0 aliphatic carbocycles. The zero-order valence-electron chi connectivity index (χ0n) is 9.55. The summed E-state index contributed by atoms with van der Waals surface area (Å²) in [5, 5.41) is 8.36. The van der Waals surface area contributed by atoms with Crippen LogP contribution in [0.15, 0.2) is 6.07 Å². The van der Waals surface area contributed by atoms with Crippen molar-refractivity contribution >= 4 is 21.9 Å². The SMILES string of the molecule is O=C(O)Cc1nc(OC(F)(F)F)c(CBr)cc1C(F)F. The van der Waals surface area contributed by atoms with Gasteiger partial charge in [0.15, 0.2) is 0 Å². The van der Waals surface area contributed by atoms with Crippen LogP contribution in [0.25, 0.3) is 0 Å². The van der Waals surface area contributed by atoms with Crippen molar-refractivity contribution in [3.8, 4) is 5.88 Å². The molecule has 0 bridgehead atoms. The zero-order valence-corrected chi connectivity index (χ0v) is 11.1. The van der Waals surface area contributed by atoms with Gasteiger partial charge in [-0.15, -0.1) is 13.2 Å². The van der Waals surface area contributed by atoms with Crippen LogP contribution in [0.2, 0.25) is 0 Å². The molecule has 0 saturated carbocycles. The largest absolute Gasteiger partial charge is 0.574 e. The molecule has 1 aromatic heterocycles. The van der Waals surface area contributed by atoms with E-state index in [1.54, 1.807) is 0 Å². The van der Waals surface area contributed by atoms with E-state index in [9.17, 15) is 26.7 Å². The van der Waals surface area contributed by atoms with Gasteiger partial charge in [0.2, 0.25) is 5.88 Å². The lowest BCUT2D eigenvalue weighted by molar-refractivity contribution is -0.276. The second-order valence-corrected chi connectivity index (χ2v) is 4.10. The van der Waals surface area contributed by atoms with Gasteiger partial charge in [-0.25, -0.2) is 13.8 Å². The zero-order chi connectivity index (χ0) is 15.5. The Labute approximate surface area is 117 Å². The van der Waals surface area contributed by atoms with Crippen LogP contribution in [0.1, 0.15) is 23.2 Å². The monoisotopic (exact) mass is 363 g/mol. The number of halogens is 6. The van der Waals surface area contributed by atoms with Crippen molar-refractivity contribution in [2.75, 3.05) is 0 Å². The average Bonchev–Trinajstić information content (AvgIpc) is 2.25. The van der Waals surface area contributed by atoms with Crippen LogP contribution >= 0.6 is 15.9 Å². The highest BCUT2D eigenvalue weighted by molar-refractivity contribution is 9.08. The van der Waals surface area contributed by atoms with Gasteiger partial charge in [-0.1, -0.05) is 15.9 Å². The summed E-state index contributed by atoms with van der Waals surface area (Å²) in [7, 11) is 0. The molecule has 0 aromatic carbocycles. The molecule has 0 spiro atoms. The van der Waals surface area contributed by atoms with Crippen molar-refractivity contribution in [2.24, 2.45) is 0 Å². The van der Waals surface area contributed by atoms with E-state index in [4.69, 9.17) is 5.11 Å². The van der Waals surface area contributed by atoms with Gasteiger partial charge >= 0.3 is 12.3 Å². The Kier molecular flexibility index (Phi) is 5.26. The summed E-state index contributed by atoms with van der Waals surface area (Å²) in [6, 6.07) is 0.742. The molecule has 0 aliphatic rings. The molecule has 0 fully saturated rings. The maximum Gasteiger partial charge on any atom is 0.574 e. The van der Waals surface area contributed by atoms with Crippen LogP contribution in [-0.4, -0.2) is 22.4 Å². The van der Waals surface area contributed by atoms with E-state index in [0.29, 0.717) is 0 Å². The third-order valence-corrected chi connectivity index (χ3v) is 2.69. The van der Waals surface area contributed by atoms with Gasteiger partial charge in [-0.2, -0.15) is 0 Å². The first-order chi connectivity index (χ1) is 9.14. The standard InChI is InChI=1S/C10H7BrF5NO3/c11-3-4-1-5(8(12)13)6(2-7(18)19)17-9(4)20-10(14,15)16/h1,8H,2-3H2,(H,18,19). The maximum absolute atomic E-state index is 12.8. The summed E-state index contributed by atoms with van der Waals surface area (Å²) in [4.78, 5) is 13.8. The van der Waals surface area contributed by atoms with Gasteiger partial charge in [0, 0.05) is 16.5 Å². The molecule has 20 heavy (non-hydrogen) atoms. The first-order valence-corrected chi connectivity index (χ1v) is 6.10. The predicted octanol–water partition coefficient (Wildman–Crippen LogP) is 3.44. The fourth-order valence-electron chi connectivity index (χ4n) is 1.36. The number of rotatable bonds is 5. The van der Waals surface area contributed by atoms with Crippen LogP contribution in [0.5, 0.6) is 5.88 Å². The summed E-state index contributed by atoms with van der Waals surface area (Å²) in [6.45, 7) is 0. The van der Waals surface area contributed by atoms with Crippen LogP contribution in [0.4, 0.5) is 22.0 Å². The maximum atomic E-state index is 12.8. The molecule has 112 valence electrons. The van der Waals surface area contributed by atoms with E-state index in [2.05, 4.69) is 25.7 Å². The number of alkyl halides is 6. The van der Waals surface area contributed by atoms with Gasteiger partial charge in [-0.3, -0.25) is 4.79 Å². The Morgan fingerprint density at radius 1 is 1.45 bits per heavy atom. The summed E-state index contributed by atoms with van der Waals surface area (Å²) in [5.74, 6) is -2.45. The summed E-state index contributed by atoms with van der Waals surface area (Å²) in [6.07, 6.45) is -9.05. The fraction of sp³-hybridized carbons (Fsp3) is 0.400. The topological polar surface area (TPSA) is 59.4 Å². The Hall–Kier alpha value is -1.45. The molecule has 10 heteroatoms. The van der Waals surface area contributed by atoms with E-state index >= 15 is 0 Å². The predicted molar refractivity (Wildman–Crippen MR) is 59.8 cm³/mol. The normalized spacial score (nSPS) is 11.8. The molecule has 0 atom stereocenters. The van der Waals surface area contributed by atoms with Crippen molar-refractivity contribution < 1.29 is 36.6 Å². The van der Waals surface area contributed by atoms with Crippen LogP contribution in [-0.2, 0) is 16.5 Å². The number of carboxylic acid groups (broad SMARTS) is 1. The quantitative estimate of drug-likeness (QED) is 0.643. The number of carboxylic acids is 1. The van der Waals surface area contributed by atoms with Crippen LogP contribution in [0.3, 0.4) is 0 Å². The first-order valence-electron chi connectivity index (χ1n) is 4.98. The Balaban J connectivity index is 3.33. The van der Waals surface area contributed by atoms with E-state index in [0.717, 1.165) is 6.07 Å². The van der Waals surface area contributed by atoms with E-state index in [1.165, 1.54) is 0 Å². The molecule has 4 nitrogen and oxygen atoms in total. The molecule has 0 radical (unpaired) electrons. The molecule has 1 heterocycles. The number of ether oxygens (including phenoxy) is 1. The van der Waals surface area contributed by atoms with Crippen LogP contribution in [0, 0.1) is 0 Å². The van der Waals surface area contributed by atoms with Crippen molar-refractivity contribution in [1.82, 2.24) is 4.98 Å².